The van der Waals surface area contributed by atoms with E-state index in [1.807, 2.05) is 4.57 Å². The van der Waals surface area contributed by atoms with E-state index in [9.17, 15) is 14.7 Å². The van der Waals surface area contributed by atoms with Gasteiger partial charge < -0.3 is 15.0 Å². The molecule has 1 unspecified atom stereocenters. The molecule has 2 aromatic rings. The summed E-state index contributed by atoms with van der Waals surface area (Å²) in [7, 11) is 0. The minimum Gasteiger partial charge on any atom is -0.477 e. The Kier molecular flexibility index (Phi) is 3.77. The monoisotopic (exact) mass is 351 g/mol. The molecule has 3 heterocycles. The van der Waals surface area contributed by atoms with Crippen LogP contribution in [-0.4, -0.2) is 33.7 Å². The van der Waals surface area contributed by atoms with Gasteiger partial charge in [-0.1, -0.05) is 0 Å². The maximum atomic E-state index is 12.3. The van der Waals surface area contributed by atoms with Gasteiger partial charge in [0, 0.05) is 18.8 Å². The Morgan fingerprint density at radius 1 is 1.52 bits per heavy atom. The number of piperidine rings is 1. The van der Waals surface area contributed by atoms with E-state index in [4.69, 9.17) is 0 Å². The zero-order chi connectivity index (χ0) is 15.0. The number of hydrogen-bond acceptors (Lipinski definition) is 4. The van der Waals surface area contributed by atoms with Crippen LogP contribution < -0.4 is 10.7 Å². The lowest BCUT2D eigenvalue weighted by Crippen LogP contribution is -2.33. The van der Waals surface area contributed by atoms with Crippen molar-refractivity contribution in [3.05, 3.63) is 38.9 Å². The molecule has 110 valence electrons. The fourth-order valence-corrected chi connectivity index (χ4v) is 3.08. The molecule has 1 aliphatic heterocycles. The Balaban J connectivity index is 2.29. The van der Waals surface area contributed by atoms with Crippen LogP contribution in [-0.2, 0) is 0 Å². The SMILES string of the molecule is O=C(O)c1cn(C2CCCNC2)c2cnc(Br)cc2c1=O. The molecule has 6 nitrogen and oxygen atoms in total. The maximum absolute atomic E-state index is 12.3. The number of fused-ring (bicyclic) bond motifs is 1. The second kappa shape index (κ2) is 5.57. The lowest BCUT2D eigenvalue weighted by molar-refractivity contribution is 0.0694. The molecule has 0 radical (unpaired) electrons. The topological polar surface area (TPSA) is 84.2 Å². The summed E-state index contributed by atoms with van der Waals surface area (Å²) < 4.78 is 2.38. The molecule has 0 bridgehead atoms. The number of rotatable bonds is 2. The second-order valence-corrected chi connectivity index (χ2v) is 5.92. The zero-order valence-corrected chi connectivity index (χ0v) is 12.8. The molecule has 2 aromatic heterocycles. The van der Waals surface area contributed by atoms with E-state index in [-0.39, 0.29) is 11.6 Å². The predicted molar refractivity (Wildman–Crippen MR) is 81.8 cm³/mol. The molecule has 7 heteroatoms. The van der Waals surface area contributed by atoms with Crippen LogP contribution in [0.15, 0.2) is 27.9 Å². The molecule has 1 saturated heterocycles. The molecule has 0 aromatic carbocycles. The number of carboxylic acid groups (broad SMARTS) is 1. The first kappa shape index (κ1) is 14.2. The predicted octanol–water partition coefficient (Wildman–Crippen LogP) is 1.78. The van der Waals surface area contributed by atoms with Crippen molar-refractivity contribution in [1.82, 2.24) is 14.9 Å². The van der Waals surface area contributed by atoms with Gasteiger partial charge in [0.15, 0.2) is 0 Å². The number of hydrogen-bond donors (Lipinski definition) is 2. The lowest BCUT2D eigenvalue weighted by Gasteiger charge is -2.27. The molecule has 1 fully saturated rings. The van der Waals surface area contributed by atoms with Crippen LogP contribution in [0.3, 0.4) is 0 Å². The number of aromatic nitrogens is 2. The summed E-state index contributed by atoms with van der Waals surface area (Å²) in [5.41, 5.74) is -0.00584. The molecular formula is C14H14BrN3O3. The van der Waals surface area contributed by atoms with Gasteiger partial charge in [0.25, 0.3) is 0 Å². The minimum atomic E-state index is -1.20. The number of aromatic carboxylic acids is 1. The van der Waals surface area contributed by atoms with E-state index in [1.54, 1.807) is 12.3 Å². The van der Waals surface area contributed by atoms with Crippen molar-refractivity contribution in [3.8, 4) is 0 Å². The van der Waals surface area contributed by atoms with Crippen molar-refractivity contribution in [3.63, 3.8) is 0 Å². The van der Waals surface area contributed by atoms with Crippen molar-refractivity contribution in [2.24, 2.45) is 0 Å². The highest BCUT2D eigenvalue weighted by atomic mass is 79.9. The summed E-state index contributed by atoms with van der Waals surface area (Å²) in [5.74, 6) is -1.20. The number of nitrogens with one attached hydrogen (secondary N) is 1. The van der Waals surface area contributed by atoms with Crippen LogP contribution in [0.2, 0.25) is 0 Å². The lowest BCUT2D eigenvalue weighted by atomic mass is 10.1. The summed E-state index contributed by atoms with van der Waals surface area (Å²) in [6, 6.07) is 1.71. The summed E-state index contributed by atoms with van der Waals surface area (Å²) in [4.78, 5) is 27.8. The van der Waals surface area contributed by atoms with Gasteiger partial charge in [-0.3, -0.25) is 4.79 Å². The maximum Gasteiger partial charge on any atom is 0.341 e. The van der Waals surface area contributed by atoms with Crippen molar-refractivity contribution in [2.45, 2.75) is 18.9 Å². The Hall–Kier alpha value is -1.73. The smallest absolute Gasteiger partial charge is 0.341 e. The number of carbonyl (C=O) groups is 1. The first-order valence-electron chi connectivity index (χ1n) is 6.72. The molecule has 0 spiro atoms. The van der Waals surface area contributed by atoms with E-state index >= 15 is 0 Å². The summed E-state index contributed by atoms with van der Waals surface area (Å²) >= 11 is 3.23. The number of halogens is 1. The summed E-state index contributed by atoms with van der Waals surface area (Å²) in [6.45, 7) is 1.72. The van der Waals surface area contributed by atoms with Crippen LogP contribution in [0, 0.1) is 0 Å². The molecule has 2 N–H and O–H groups in total. The van der Waals surface area contributed by atoms with Gasteiger partial charge in [0.05, 0.1) is 17.1 Å². The van der Waals surface area contributed by atoms with Gasteiger partial charge in [-0.15, -0.1) is 0 Å². The van der Waals surface area contributed by atoms with Gasteiger partial charge in [0.1, 0.15) is 10.2 Å². The second-order valence-electron chi connectivity index (χ2n) is 5.11. The molecule has 0 aliphatic carbocycles. The first-order chi connectivity index (χ1) is 10.1. The third-order valence-corrected chi connectivity index (χ3v) is 4.21. The quantitative estimate of drug-likeness (QED) is 0.805. The van der Waals surface area contributed by atoms with E-state index in [2.05, 4.69) is 26.2 Å². The average Bonchev–Trinajstić information content (AvgIpc) is 2.48. The zero-order valence-electron chi connectivity index (χ0n) is 11.2. The Morgan fingerprint density at radius 3 is 3.00 bits per heavy atom. The van der Waals surface area contributed by atoms with Crippen molar-refractivity contribution >= 4 is 32.8 Å². The van der Waals surface area contributed by atoms with Crippen LogP contribution in [0.1, 0.15) is 29.2 Å². The van der Waals surface area contributed by atoms with E-state index in [1.165, 1.54) is 6.20 Å². The highest BCUT2D eigenvalue weighted by molar-refractivity contribution is 9.10. The molecule has 3 rings (SSSR count). The molecular weight excluding hydrogens is 338 g/mol. The average molecular weight is 352 g/mol. The molecule has 1 aliphatic rings. The van der Waals surface area contributed by atoms with Crippen molar-refractivity contribution in [2.75, 3.05) is 13.1 Å². The highest BCUT2D eigenvalue weighted by Crippen LogP contribution is 2.23. The van der Waals surface area contributed by atoms with Gasteiger partial charge in [-0.2, -0.15) is 0 Å². The third-order valence-electron chi connectivity index (χ3n) is 3.78. The van der Waals surface area contributed by atoms with Crippen LogP contribution in [0.4, 0.5) is 0 Å². The van der Waals surface area contributed by atoms with Crippen molar-refractivity contribution in [1.29, 1.82) is 0 Å². The summed E-state index contributed by atoms with van der Waals surface area (Å²) in [6.07, 6.45) is 5.02. The van der Waals surface area contributed by atoms with Gasteiger partial charge in [0.2, 0.25) is 5.43 Å². The largest absolute Gasteiger partial charge is 0.477 e. The van der Waals surface area contributed by atoms with Gasteiger partial charge >= 0.3 is 5.97 Å². The van der Waals surface area contributed by atoms with Crippen LogP contribution >= 0.6 is 15.9 Å². The number of carboxylic acids is 1. The summed E-state index contributed by atoms with van der Waals surface area (Å²) in [5, 5.41) is 12.9. The Labute approximate surface area is 128 Å². The minimum absolute atomic E-state index is 0.128. The van der Waals surface area contributed by atoms with Crippen LogP contribution in [0.25, 0.3) is 10.9 Å². The fourth-order valence-electron chi connectivity index (χ4n) is 2.75. The third kappa shape index (κ3) is 2.58. The van der Waals surface area contributed by atoms with E-state index in [0.717, 1.165) is 25.9 Å². The fraction of sp³-hybridized carbons (Fsp3) is 0.357. The standard InChI is InChI=1S/C14H14BrN3O3/c15-12-4-9-11(6-17-12)18(8-2-1-3-16-5-8)7-10(13(9)19)14(20)21/h4,6-8,16H,1-3,5H2,(H,20,21). The number of pyridine rings is 2. The molecule has 0 amide bonds. The van der Waals surface area contributed by atoms with Crippen molar-refractivity contribution < 1.29 is 9.90 Å². The van der Waals surface area contributed by atoms with Gasteiger partial charge in [-0.25, -0.2) is 9.78 Å². The normalized spacial score (nSPS) is 18.8. The van der Waals surface area contributed by atoms with Crippen LogP contribution in [0.5, 0.6) is 0 Å². The molecule has 0 saturated carbocycles. The Bertz CT molecular complexity index is 766. The molecule has 21 heavy (non-hydrogen) atoms. The van der Waals surface area contributed by atoms with Gasteiger partial charge in [-0.05, 0) is 41.4 Å². The molecule has 1 atom stereocenters. The first-order valence-corrected chi connectivity index (χ1v) is 7.51. The van der Waals surface area contributed by atoms with E-state index < -0.39 is 11.4 Å². The Morgan fingerprint density at radius 2 is 2.33 bits per heavy atom. The highest BCUT2D eigenvalue weighted by Gasteiger charge is 2.21. The van der Waals surface area contributed by atoms with E-state index in [0.29, 0.717) is 15.5 Å². The number of nitrogens with zero attached hydrogens (tertiary/aromatic N) is 2.